The van der Waals surface area contributed by atoms with Gasteiger partial charge in [-0.1, -0.05) is 24.3 Å². The van der Waals surface area contributed by atoms with Crippen molar-refractivity contribution in [1.82, 2.24) is 5.32 Å². The molecule has 1 N–H and O–H groups in total. The van der Waals surface area contributed by atoms with Gasteiger partial charge in [-0.2, -0.15) is 0 Å². The maximum Gasteiger partial charge on any atom is 0.341 e. The molecule has 0 bridgehead atoms. The first kappa shape index (κ1) is 17.8. The molecule has 136 valence electrons. The van der Waals surface area contributed by atoms with Gasteiger partial charge < -0.3 is 19.5 Å². The van der Waals surface area contributed by atoms with Crippen molar-refractivity contribution in [3.63, 3.8) is 0 Å². The fourth-order valence-electron chi connectivity index (χ4n) is 2.96. The fourth-order valence-corrected chi connectivity index (χ4v) is 2.96. The molecule has 2 aromatic carbocycles. The van der Waals surface area contributed by atoms with Crippen LogP contribution in [0.25, 0.3) is 0 Å². The Labute approximate surface area is 152 Å². The molecule has 0 spiro atoms. The van der Waals surface area contributed by atoms with Crippen molar-refractivity contribution in [3.05, 3.63) is 59.2 Å². The number of benzene rings is 2. The highest BCUT2D eigenvalue weighted by Crippen LogP contribution is 2.27. The molecular weight excluding hydrogens is 334 g/mol. The first-order chi connectivity index (χ1) is 12.6. The zero-order valence-electron chi connectivity index (χ0n) is 14.8. The van der Waals surface area contributed by atoms with Crippen molar-refractivity contribution in [1.29, 1.82) is 0 Å². The van der Waals surface area contributed by atoms with Crippen molar-refractivity contribution in [2.45, 2.75) is 13.0 Å². The summed E-state index contributed by atoms with van der Waals surface area (Å²) in [6.45, 7) is 0.670. The molecule has 26 heavy (non-hydrogen) atoms. The number of ether oxygens (including phenoxy) is 3. The minimum absolute atomic E-state index is 0.0741. The molecule has 6 nitrogen and oxygen atoms in total. The van der Waals surface area contributed by atoms with Crippen molar-refractivity contribution >= 4 is 11.9 Å². The monoisotopic (exact) mass is 355 g/mol. The molecule has 0 aliphatic carbocycles. The molecule has 6 heteroatoms. The lowest BCUT2D eigenvalue weighted by molar-refractivity contribution is -0.126. The molecule has 0 aromatic heterocycles. The second-order valence-electron chi connectivity index (χ2n) is 6.06. The van der Waals surface area contributed by atoms with Gasteiger partial charge in [-0.15, -0.1) is 0 Å². The number of fused-ring (bicyclic) bond motifs is 1. The van der Waals surface area contributed by atoms with Crippen LogP contribution in [0.5, 0.6) is 11.5 Å². The van der Waals surface area contributed by atoms with Gasteiger partial charge in [0, 0.05) is 6.54 Å². The average Bonchev–Trinajstić information content (AvgIpc) is 2.70. The van der Waals surface area contributed by atoms with Gasteiger partial charge in [0.2, 0.25) is 5.91 Å². The molecule has 0 saturated carbocycles. The van der Waals surface area contributed by atoms with E-state index in [9.17, 15) is 9.59 Å². The highest BCUT2D eigenvalue weighted by molar-refractivity contribution is 5.92. The van der Waals surface area contributed by atoms with E-state index in [0.717, 1.165) is 16.9 Å². The van der Waals surface area contributed by atoms with E-state index in [1.54, 1.807) is 18.2 Å². The average molecular weight is 355 g/mol. The van der Waals surface area contributed by atoms with Crippen LogP contribution < -0.4 is 14.8 Å². The largest absolute Gasteiger partial charge is 0.496 e. The number of hydrogen-bond donors (Lipinski definition) is 1. The molecule has 0 unspecified atom stereocenters. The Balaban J connectivity index is 1.64. The molecule has 0 saturated heterocycles. The number of methoxy groups -OCH3 is 2. The van der Waals surface area contributed by atoms with Gasteiger partial charge in [0.1, 0.15) is 23.7 Å². The Morgan fingerprint density at radius 2 is 2.00 bits per heavy atom. The highest BCUT2D eigenvalue weighted by Gasteiger charge is 2.25. The zero-order valence-corrected chi connectivity index (χ0v) is 14.8. The minimum atomic E-state index is -0.479. The third-order valence-electron chi connectivity index (χ3n) is 4.39. The van der Waals surface area contributed by atoms with Crippen molar-refractivity contribution in [2.75, 3.05) is 20.8 Å². The number of nitrogens with one attached hydrogen (secondary N) is 1. The van der Waals surface area contributed by atoms with Crippen molar-refractivity contribution in [3.8, 4) is 11.5 Å². The molecule has 0 fully saturated rings. The van der Waals surface area contributed by atoms with Crippen LogP contribution in [0.1, 0.15) is 21.5 Å². The van der Waals surface area contributed by atoms with Crippen LogP contribution in [0.15, 0.2) is 42.5 Å². The van der Waals surface area contributed by atoms with E-state index in [4.69, 9.17) is 14.2 Å². The molecule has 1 heterocycles. The predicted octanol–water partition coefficient (Wildman–Crippen LogP) is 2.35. The standard InChI is InChI=1S/C20H21NO5/c1-24-18-8-7-13(9-16(18)20(23)25-2)11-21-19(22)15-10-14-5-3-4-6-17(14)26-12-15/h3-9,15H,10-12H2,1-2H3,(H,21,22)/t15-/m0/s1. The summed E-state index contributed by atoms with van der Waals surface area (Å²) in [4.78, 5) is 24.3. The third-order valence-corrected chi connectivity index (χ3v) is 4.39. The lowest BCUT2D eigenvalue weighted by atomic mass is 9.96. The van der Waals surface area contributed by atoms with E-state index in [2.05, 4.69) is 5.32 Å². The van der Waals surface area contributed by atoms with Crippen LogP contribution in [0.3, 0.4) is 0 Å². The van der Waals surface area contributed by atoms with Gasteiger partial charge in [0.25, 0.3) is 0 Å². The number of hydrogen-bond acceptors (Lipinski definition) is 5. The van der Waals surface area contributed by atoms with Crippen LogP contribution in [0, 0.1) is 5.92 Å². The molecule has 1 atom stereocenters. The van der Waals surface area contributed by atoms with E-state index < -0.39 is 5.97 Å². The van der Waals surface area contributed by atoms with Gasteiger partial charge in [0.05, 0.1) is 20.1 Å². The summed E-state index contributed by atoms with van der Waals surface area (Å²) in [5, 5.41) is 2.91. The Bertz CT molecular complexity index is 818. The molecule has 2 aromatic rings. The molecular formula is C20H21NO5. The molecule has 1 aliphatic rings. The maximum atomic E-state index is 12.5. The van der Waals surface area contributed by atoms with Crippen LogP contribution in [0.2, 0.25) is 0 Å². The summed E-state index contributed by atoms with van der Waals surface area (Å²) in [6.07, 6.45) is 0.651. The first-order valence-corrected chi connectivity index (χ1v) is 8.36. The van der Waals surface area contributed by atoms with E-state index >= 15 is 0 Å². The number of amides is 1. The first-order valence-electron chi connectivity index (χ1n) is 8.36. The van der Waals surface area contributed by atoms with E-state index in [0.29, 0.717) is 30.9 Å². The lowest BCUT2D eigenvalue weighted by Gasteiger charge is -2.24. The number of para-hydroxylation sites is 1. The molecule has 1 aliphatic heterocycles. The fraction of sp³-hybridized carbons (Fsp3) is 0.300. The second kappa shape index (κ2) is 7.91. The van der Waals surface area contributed by atoms with E-state index in [1.807, 2.05) is 24.3 Å². The second-order valence-corrected chi connectivity index (χ2v) is 6.06. The van der Waals surface area contributed by atoms with Gasteiger partial charge >= 0.3 is 5.97 Å². The normalized spacial score (nSPS) is 15.4. The molecule has 1 amide bonds. The minimum Gasteiger partial charge on any atom is -0.496 e. The van der Waals surface area contributed by atoms with Crippen LogP contribution in [-0.2, 0) is 22.5 Å². The summed E-state index contributed by atoms with van der Waals surface area (Å²) in [6, 6.07) is 12.9. The van der Waals surface area contributed by atoms with Crippen LogP contribution >= 0.6 is 0 Å². The third kappa shape index (κ3) is 3.79. The van der Waals surface area contributed by atoms with E-state index in [1.165, 1.54) is 14.2 Å². The Hall–Kier alpha value is -3.02. The van der Waals surface area contributed by atoms with Gasteiger partial charge in [-0.25, -0.2) is 4.79 Å². The molecule has 0 radical (unpaired) electrons. The Morgan fingerprint density at radius 3 is 2.77 bits per heavy atom. The zero-order chi connectivity index (χ0) is 18.5. The van der Waals surface area contributed by atoms with Gasteiger partial charge in [0.15, 0.2) is 0 Å². The predicted molar refractivity (Wildman–Crippen MR) is 95.3 cm³/mol. The Morgan fingerprint density at radius 1 is 1.19 bits per heavy atom. The number of rotatable bonds is 5. The maximum absolute atomic E-state index is 12.5. The quantitative estimate of drug-likeness (QED) is 0.834. The van der Waals surface area contributed by atoms with Crippen LogP contribution in [0.4, 0.5) is 0 Å². The number of esters is 1. The number of carbonyl (C=O) groups excluding carboxylic acids is 2. The van der Waals surface area contributed by atoms with Gasteiger partial charge in [-0.05, 0) is 35.7 Å². The summed E-state index contributed by atoms with van der Waals surface area (Å²) < 4.78 is 15.6. The summed E-state index contributed by atoms with van der Waals surface area (Å²) in [5.74, 6) is 0.490. The Kier molecular flexibility index (Phi) is 5.41. The smallest absolute Gasteiger partial charge is 0.341 e. The summed E-state index contributed by atoms with van der Waals surface area (Å²) in [5.41, 5.74) is 2.16. The topological polar surface area (TPSA) is 73.9 Å². The lowest BCUT2D eigenvalue weighted by Crippen LogP contribution is -2.37. The van der Waals surface area contributed by atoms with Crippen molar-refractivity contribution in [2.24, 2.45) is 5.92 Å². The van der Waals surface area contributed by atoms with Crippen LogP contribution in [-0.4, -0.2) is 32.7 Å². The van der Waals surface area contributed by atoms with Crippen molar-refractivity contribution < 1.29 is 23.8 Å². The van der Waals surface area contributed by atoms with Gasteiger partial charge in [-0.3, -0.25) is 4.79 Å². The SMILES string of the molecule is COC(=O)c1cc(CNC(=O)[C@@H]2COc3ccccc3C2)ccc1OC. The highest BCUT2D eigenvalue weighted by atomic mass is 16.5. The molecule has 3 rings (SSSR count). The summed E-state index contributed by atoms with van der Waals surface area (Å²) >= 11 is 0. The number of carbonyl (C=O) groups is 2. The summed E-state index contributed by atoms with van der Waals surface area (Å²) in [7, 11) is 2.81. The van der Waals surface area contributed by atoms with E-state index in [-0.39, 0.29) is 11.8 Å².